The monoisotopic (exact) mass is 571 g/mol. The number of nitrogens with zero attached hydrogens (tertiary/aromatic N) is 1. The van der Waals surface area contributed by atoms with Crippen LogP contribution in [-0.4, -0.2) is 17.4 Å². The molecule has 0 saturated heterocycles. The Labute approximate surface area is 223 Å². The van der Waals surface area contributed by atoms with Crippen LogP contribution in [0.15, 0.2) is 77.8 Å². The maximum absolute atomic E-state index is 11.5. The van der Waals surface area contributed by atoms with Crippen molar-refractivity contribution in [3.8, 4) is 5.75 Å². The van der Waals surface area contributed by atoms with Gasteiger partial charge in [-0.15, -0.1) is 0 Å². The molecule has 178 valence electrons. The third-order valence-electron chi connectivity index (χ3n) is 7.08. The molecule has 2 nitrogen and oxygen atoms in total. The van der Waals surface area contributed by atoms with Crippen LogP contribution in [0.1, 0.15) is 67.3 Å². The predicted molar refractivity (Wildman–Crippen MR) is 142 cm³/mol. The molecule has 1 aliphatic carbocycles. The number of benzene rings is 3. The second kappa shape index (κ2) is 13.1. The van der Waals surface area contributed by atoms with E-state index in [4.69, 9.17) is 22.0 Å². The molecule has 0 unspecified atom stereocenters. The molecule has 5 heteroatoms. The minimum absolute atomic E-state index is 0.336. The van der Waals surface area contributed by atoms with Gasteiger partial charge in [0.2, 0.25) is 0 Å². The van der Waals surface area contributed by atoms with Gasteiger partial charge in [-0.05, 0) is 62.1 Å². The first-order valence-corrected chi connectivity index (χ1v) is 18.2. The van der Waals surface area contributed by atoms with Crippen LogP contribution in [-0.2, 0) is 26.3 Å². The van der Waals surface area contributed by atoms with Gasteiger partial charge in [-0.2, -0.15) is 0 Å². The van der Waals surface area contributed by atoms with Gasteiger partial charge >= 0.3 is 37.9 Å². The van der Waals surface area contributed by atoms with Crippen LogP contribution in [0.25, 0.3) is 0 Å². The van der Waals surface area contributed by atoms with Crippen molar-refractivity contribution in [2.75, 3.05) is 0 Å². The first kappa shape index (κ1) is 27.2. The molecule has 3 aromatic carbocycles. The molecular formula is C29H33Cl2NOZr. The molecule has 1 fully saturated rings. The molecule has 0 radical (unpaired) electrons. The van der Waals surface area contributed by atoms with Gasteiger partial charge in [-0.1, -0.05) is 79.7 Å². The van der Waals surface area contributed by atoms with E-state index in [1.165, 1.54) is 12.8 Å². The Bertz CT molecular complexity index is 1020. The third kappa shape index (κ3) is 6.42. The molecule has 0 amide bonds. The number of rotatable bonds is 5. The van der Waals surface area contributed by atoms with E-state index >= 15 is 0 Å². The molecule has 4 rings (SSSR count). The van der Waals surface area contributed by atoms with Crippen molar-refractivity contribution in [3.05, 3.63) is 101 Å². The van der Waals surface area contributed by atoms with Gasteiger partial charge in [0.25, 0.3) is 0 Å². The van der Waals surface area contributed by atoms with E-state index in [1.54, 1.807) is 0 Å². The normalized spacial score (nSPS) is 18.3. The van der Waals surface area contributed by atoms with Gasteiger partial charge in [0.15, 0.2) is 0 Å². The zero-order chi connectivity index (χ0) is 24.6. The SMILES string of the molecule is Cc1ccc(C(C)(c2ccccc2)c2ccccc2)c(O)c1C=NC1CCC(C)CC1.[Cl][Zr][Cl]. The summed E-state index contributed by atoms with van der Waals surface area (Å²) in [6.45, 7) is 6.58. The molecule has 0 spiro atoms. The van der Waals surface area contributed by atoms with Crippen molar-refractivity contribution in [2.45, 2.75) is 57.9 Å². The maximum atomic E-state index is 11.5. The van der Waals surface area contributed by atoms with Gasteiger partial charge in [-0.3, -0.25) is 4.99 Å². The average molecular weight is 574 g/mol. The number of hydrogen-bond acceptors (Lipinski definition) is 2. The molecule has 0 heterocycles. The van der Waals surface area contributed by atoms with Crippen LogP contribution >= 0.6 is 17.0 Å². The third-order valence-corrected chi connectivity index (χ3v) is 7.08. The van der Waals surface area contributed by atoms with Crippen molar-refractivity contribution in [3.63, 3.8) is 0 Å². The van der Waals surface area contributed by atoms with E-state index < -0.39 is 26.3 Å². The summed E-state index contributed by atoms with van der Waals surface area (Å²) < 4.78 is 0. The molecule has 1 N–H and O–H groups in total. The first-order chi connectivity index (χ1) is 16.4. The molecule has 3 aromatic rings. The van der Waals surface area contributed by atoms with Crippen LogP contribution < -0.4 is 0 Å². The Morgan fingerprint density at radius 2 is 1.38 bits per heavy atom. The van der Waals surface area contributed by atoms with Crippen molar-refractivity contribution in [2.24, 2.45) is 10.9 Å². The van der Waals surface area contributed by atoms with E-state index in [2.05, 4.69) is 81.4 Å². The van der Waals surface area contributed by atoms with Gasteiger partial charge in [0.1, 0.15) is 5.75 Å². The van der Waals surface area contributed by atoms with Gasteiger partial charge in [-0.25, -0.2) is 0 Å². The summed E-state index contributed by atoms with van der Waals surface area (Å²) in [4.78, 5) is 4.89. The van der Waals surface area contributed by atoms with Crippen molar-refractivity contribution in [1.82, 2.24) is 0 Å². The number of phenols is 1. The fourth-order valence-electron chi connectivity index (χ4n) is 4.87. The predicted octanol–water partition coefficient (Wildman–Crippen LogP) is 8.43. The van der Waals surface area contributed by atoms with Gasteiger partial charge in [0.05, 0.1) is 0 Å². The van der Waals surface area contributed by atoms with Crippen LogP contribution in [0, 0.1) is 12.8 Å². The second-order valence-electron chi connectivity index (χ2n) is 9.31. The fraction of sp³-hybridized carbons (Fsp3) is 0.345. The van der Waals surface area contributed by atoms with Crippen molar-refractivity contribution >= 4 is 23.2 Å². The molecule has 0 aromatic heterocycles. The number of aromatic hydroxyl groups is 1. The van der Waals surface area contributed by atoms with Crippen molar-refractivity contribution in [1.29, 1.82) is 0 Å². The summed E-state index contributed by atoms with van der Waals surface area (Å²) in [6, 6.07) is 25.4. The Morgan fingerprint density at radius 1 is 0.882 bits per heavy atom. The number of hydrogen-bond donors (Lipinski definition) is 1. The topological polar surface area (TPSA) is 32.6 Å². The Kier molecular flexibility index (Phi) is 10.4. The molecule has 34 heavy (non-hydrogen) atoms. The number of aliphatic imine (C=N–C) groups is 1. The molecule has 0 aliphatic heterocycles. The van der Waals surface area contributed by atoms with Crippen LogP contribution in [0.3, 0.4) is 0 Å². The average Bonchev–Trinajstić information content (AvgIpc) is 2.86. The number of phenolic OH excluding ortho intramolecular Hbond substituents is 1. The summed E-state index contributed by atoms with van der Waals surface area (Å²) in [5.41, 5.74) is 4.65. The van der Waals surface area contributed by atoms with E-state index in [0.717, 1.165) is 46.6 Å². The van der Waals surface area contributed by atoms with Crippen molar-refractivity contribution < 1.29 is 26.0 Å². The summed E-state index contributed by atoms with van der Waals surface area (Å²) in [6.07, 6.45) is 6.69. The number of aryl methyl sites for hydroxylation is 1. The van der Waals surface area contributed by atoms with Crippen LogP contribution in [0.2, 0.25) is 0 Å². The second-order valence-corrected chi connectivity index (χ2v) is 13.0. The van der Waals surface area contributed by atoms with E-state index in [-0.39, 0.29) is 0 Å². The summed E-state index contributed by atoms with van der Waals surface area (Å²) >= 11 is -0.826. The molecule has 1 aliphatic rings. The molecule has 0 atom stereocenters. The molecular weight excluding hydrogens is 540 g/mol. The van der Waals surface area contributed by atoms with Gasteiger partial charge < -0.3 is 5.11 Å². The van der Waals surface area contributed by atoms with E-state index in [9.17, 15) is 5.11 Å². The zero-order valence-electron chi connectivity index (χ0n) is 20.1. The van der Waals surface area contributed by atoms with Crippen LogP contribution in [0.4, 0.5) is 0 Å². The summed E-state index contributed by atoms with van der Waals surface area (Å²) in [7, 11) is 9.87. The first-order valence-electron chi connectivity index (χ1n) is 11.8. The Balaban J connectivity index is 0.00000103. The Hall–Kier alpha value is -1.41. The number of halogens is 2. The molecule has 1 saturated carbocycles. The van der Waals surface area contributed by atoms with E-state index in [1.807, 2.05) is 18.3 Å². The minimum atomic E-state index is -0.826. The Morgan fingerprint density at radius 3 is 1.88 bits per heavy atom. The quantitative estimate of drug-likeness (QED) is 0.241. The summed E-state index contributed by atoms with van der Waals surface area (Å²) in [5, 5.41) is 11.5. The van der Waals surface area contributed by atoms with E-state index in [0.29, 0.717) is 11.8 Å². The molecule has 0 bridgehead atoms. The van der Waals surface area contributed by atoms with Crippen LogP contribution in [0.5, 0.6) is 5.75 Å². The summed E-state index contributed by atoms with van der Waals surface area (Å²) in [5.74, 6) is 1.14. The van der Waals surface area contributed by atoms with Gasteiger partial charge in [0, 0.05) is 28.8 Å². The fourth-order valence-corrected chi connectivity index (χ4v) is 4.87. The standard InChI is InChI=1S/C29H33NO.2ClH.Zr/c1-21-14-17-25(18-15-21)30-20-26-22(2)16-19-27(28(26)31)29(3,23-10-6-4-7-11-23)24-12-8-5-9-13-24;;;/h4-13,16,19-21,25,31H,14-15,17-18H2,1-3H3;2*1H;/q;;;+2/p-2. The zero-order valence-corrected chi connectivity index (χ0v) is 24.1.